The van der Waals surface area contributed by atoms with Gasteiger partial charge in [-0.05, 0) is 18.4 Å². The second-order valence-electron chi connectivity index (χ2n) is 5.74. The number of carbonyl (C=O) groups is 1. The average Bonchev–Trinajstić information content (AvgIpc) is 3.06. The van der Waals surface area contributed by atoms with E-state index in [0.717, 1.165) is 5.56 Å². The number of esters is 1. The highest BCUT2D eigenvalue weighted by Crippen LogP contribution is 2.60. The number of carbonyl (C=O) groups excluding carboxylic acids is 1. The molecule has 2 bridgehead atoms. The van der Waals surface area contributed by atoms with E-state index in [2.05, 4.69) is 0 Å². The molecule has 0 saturated heterocycles. The van der Waals surface area contributed by atoms with Gasteiger partial charge >= 0.3 is 11.5 Å². The van der Waals surface area contributed by atoms with Crippen LogP contribution in [0, 0.1) is 22.0 Å². The van der Waals surface area contributed by atoms with Crippen molar-refractivity contribution in [3.05, 3.63) is 46.0 Å². The van der Waals surface area contributed by atoms with E-state index in [0.29, 0.717) is 17.9 Å². The summed E-state index contributed by atoms with van der Waals surface area (Å²) in [5.41, 5.74) is -0.940. The fraction of sp³-hybridized carbons (Fsp3) is 0.400. The molecule has 2 aliphatic carbocycles. The summed E-state index contributed by atoms with van der Waals surface area (Å²) in [6.07, 6.45) is 4.41. The van der Waals surface area contributed by atoms with Crippen molar-refractivity contribution in [1.82, 2.24) is 0 Å². The fourth-order valence-corrected chi connectivity index (χ4v) is 4.10. The summed E-state index contributed by atoms with van der Waals surface area (Å²) in [5.74, 6) is -0.637. The van der Waals surface area contributed by atoms with Crippen molar-refractivity contribution in [3.8, 4) is 11.5 Å². The second kappa shape index (κ2) is 3.84. The Morgan fingerprint density at radius 1 is 1.43 bits per heavy atom. The van der Waals surface area contributed by atoms with Crippen LogP contribution in [0.3, 0.4) is 0 Å². The van der Waals surface area contributed by atoms with Gasteiger partial charge in [-0.2, -0.15) is 0 Å². The number of benzene rings is 1. The standard InChI is InChI=1S/C15H13NO5/c1-20-10-4-5-11-12(7-10)21-14(17)15(16(18)19)9-3-2-8(6-9)13(11)15/h2-5,7-9,13H,6H2,1H3/t8-,9+,13-,15+/m0/s1. The van der Waals surface area contributed by atoms with Gasteiger partial charge in [-0.1, -0.05) is 18.2 Å². The maximum absolute atomic E-state index is 12.5. The normalized spacial score (nSPS) is 35.1. The maximum atomic E-state index is 12.5. The van der Waals surface area contributed by atoms with E-state index >= 15 is 0 Å². The van der Waals surface area contributed by atoms with Crippen molar-refractivity contribution in [3.63, 3.8) is 0 Å². The topological polar surface area (TPSA) is 78.7 Å². The number of nitro groups is 1. The van der Waals surface area contributed by atoms with Gasteiger partial charge in [-0.25, -0.2) is 4.79 Å². The highest BCUT2D eigenvalue weighted by molar-refractivity contribution is 5.88. The van der Waals surface area contributed by atoms with E-state index in [1.165, 1.54) is 7.11 Å². The molecular formula is C15H13NO5. The first-order chi connectivity index (χ1) is 10.1. The Labute approximate surface area is 120 Å². The molecule has 1 aliphatic heterocycles. The van der Waals surface area contributed by atoms with Crippen molar-refractivity contribution in [2.45, 2.75) is 17.9 Å². The molecule has 0 radical (unpaired) electrons. The quantitative estimate of drug-likeness (QED) is 0.273. The van der Waals surface area contributed by atoms with E-state index in [-0.39, 0.29) is 11.8 Å². The van der Waals surface area contributed by atoms with Gasteiger partial charge in [0.05, 0.1) is 18.9 Å². The van der Waals surface area contributed by atoms with Crippen LogP contribution in [-0.2, 0) is 4.79 Å². The number of ether oxygens (including phenoxy) is 2. The second-order valence-corrected chi connectivity index (χ2v) is 5.74. The van der Waals surface area contributed by atoms with E-state index < -0.39 is 22.3 Å². The first-order valence-electron chi connectivity index (χ1n) is 6.82. The van der Waals surface area contributed by atoms with Crippen molar-refractivity contribution >= 4 is 5.97 Å². The van der Waals surface area contributed by atoms with Crippen LogP contribution >= 0.6 is 0 Å². The van der Waals surface area contributed by atoms with Gasteiger partial charge in [0.25, 0.3) is 0 Å². The predicted molar refractivity (Wildman–Crippen MR) is 71.8 cm³/mol. The molecule has 6 heteroatoms. The molecule has 1 aromatic rings. The van der Waals surface area contributed by atoms with Crippen LogP contribution < -0.4 is 9.47 Å². The summed E-state index contributed by atoms with van der Waals surface area (Å²) in [4.78, 5) is 23.7. The molecule has 3 aliphatic rings. The van der Waals surface area contributed by atoms with E-state index in [9.17, 15) is 14.9 Å². The Balaban J connectivity index is 1.95. The van der Waals surface area contributed by atoms with E-state index in [4.69, 9.17) is 9.47 Å². The van der Waals surface area contributed by atoms with Crippen LogP contribution in [0.25, 0.3) is 0 Å². The van der Waals surface area contributed by atoms with Crippen LogP contribution in [0.1, 0.15) is 17.9 Å². The molecule has 0 unspecified atom stereocenters. The van der Waals surface area contributed by atoms with Crippen LogP contribution in [0.15, 0.2) is 30.4 Å². The zero-order valence-corrected chi connectivity index (χ0v) is 11.3. The molecule has 0 amide bonds. The lowest BCUT2D eigenvalue weighted by atomic mass is 9.71. The Morgan fingerprint density at radius 2 is 2.24 bits per heavy atom. The Bertz CT molecular complexity index is 697. The lowest BCUT2D eigenvalue weighted by molar-refractivity contribution is -0.564. The molecule has 6 nitrogen and oxygen atoms in total. The van der Waals surface area contributed by atoms with Crippen LogP contribution in [0.2, 0.25) is 0 Å². The number of methoxy groups -OCH3 is 1. The van der Waals surface area contributed by atoms with E-state index in [1.54, 1.807) is 24.3 Å². The molecule has 4 rings (SSSR count). The Morgan fingerprint density at radius 3 is 2.95 bits per heavy atom. The summed E-state index contributed by atoms with van der Waals surface area (Å²) in [6, 6.07) is 5.14. The first-order valence-corrected chi connectivity index (χ1v) is 6.82. The minimum absolute atomic E-state index is 0.0143. The lowest BCUT2D eigenvalue weighted by Crippen LogP contribution is -2.58. The molecule has 1 fully saturated rings. The number of rotatable bonds is 2. The molecular weight excluding hydrogens is 274 g/mol. The van der Waals surface area contributed by atoms with Crippen molar-refractivity contribution < 1.29 is 19.2 Å². The van der Waals surface area contributed by atoms with Crippen LogP contribution in [-0.4, -0.2) is 23.5 Å². The third-order valence-electron chi connectivity index (χ3n) is 4.97. The fourth-order valence-electron chi connectivity index (χ4n) is 4.10. The SMILES string of the molecule is COc1ccc2c(c1)OC(=O)[C@@]1([N+](=O)[O-])[C@@H]3C=C[C@@H](C3)[C@@H]21. The number of hydrogen-bond acceptors (Lipinski definition) is 5. The number of hydrogen-bond donors (Lipinski definition) is 0. The van der Waals surface area contributed by atoms with Crippen LogP contribution in [0.5, 0.6) is 11.5 Å². The average molecular weight is 287 g/mol. The maximum Gasteiger partial charge on any atom is 0.391 e. The van der Waals surface area contributed by atoms with Gasteiger partial charge in [-0.15, -0.1) is 0 Å². The molecule has 0 aromatic heterocycles. The molecule has 4 atom stereocenters. The summed E-state index contributed by atoms with van der Waals surface area (Å²) in [7, 11) is 1.52. The number of nitrogens with zero attached hydrogens (tertiary/aromatic N) is 1. The van der Waals surface area contributed by atoms with Crippen molar-refractivity contribution in [2.24, 2.45) is 11.8 Å². The summed E-state index contributed by atoms with van der Waals surface area (Å²) in [5, 5.41) is 11.7. The third-order valence-corrected chi connectivity index (χ3v) is 4.97. The number of fused-ring (bicyclic) bond motifs is 7. The first kappa shape index (κ1) is 12.4. The molecule has 1 aromatic carbocycles. The third kappa shape index (κ3) is 1.30. The minimum Gasteiger partial charge on any atom is -0.497 e. The largest absolute Gasteiger partial charge is 0.497 e. The van der Waals surface area contributed by atoms with Crippen molar-refractivity contribution in [2.75, 3.05) is 7.11 Å². The summed E-state index contributed by atoms with van der Waals surface area (Å²) >= 11 is 0. The summed E-state index contributed by atoms with van der Waals surface area (Å²) in [6.45, 7) is 0. The van der Waals surface area contributed by atoms with Gasteiger partial charge < -0.3 is 9.47 Å². The number of allylic oxidation sites excluding steroid dienone is 1. The van der Waals surface area contributed by atoms with Crippen LogP contribution in [0.4, 0.5) is 0 Å². The van der Waals surface area contributed by atoms with Gasteiger partial charge in [0.1, 0.15) is 11.5 Å². The zero-order valence-electron chi connectivity index (χ0n) is 11.3. The summed E-state index contributed by atoms with van der Waals surface area (Å²) < 4.78 is 10.4. The molecule has 1 saturated carbocycles. The van der Waals surface area contributed by atoms with Gasteiger partial charge in [-0.3, -0.25) is 10.1 Å². The van der Waals surface area contributed by atoms with Gasteiger partial charge in [0, 0.05) is 16.6 Å². The molecule has 21 heavy (non-hydrogen) atoms. The Kier molecular flexibility index (Phi) is 2.26. The monoisotopic (exact) mass is 287 g/mol. The molecule has 0 spiro atoms. The Hall–Kier alpha value is -2.37. The van der Waals surface area contributed by atoms with Crippen molar-refractivity contribution in [1.29, 1.82) is 0 Å². The lowest BCUT2D eigenvalue weighted by Gasteiger charge is -2.36. The molecule has 108 valence electrons. The predicted octanol–water partition coefficient (Wildman–Crippen LogP) is 1.92. The minimum atomic E-state index is -1.67. The smallest absolute Gasteiger partial charge is 0.391 e. The highest BCUT2D eigenvalue weighted by Gasteiger charge is 2.73. The molecule has 1 heterocycles. The highest BCUT2D eigenvalue weighted by atomic mass is 16.6. The van der Waals surface area contributed by atoms with E-state index in [1.807, 2.05) is 6.08 Å². The zero-order chi connectivity index (χ0) is 14.8. The van der Waals surface area contributed by atoms with Gasteiger partial charge in [0.15, 0.2) is 0 Å². The molecule has 0 N–H and O–H groups in total. The van der Waals surface area contributed by atoms with Gasteiger partial charge in [0.2, 0.25) is 0 Å².